The van der Waals surface area contributed by atoms with Crippen LogP contribution >= 0.6 is 0 Å². The summed E-state index contributed by atoms with van der Waals surface area (Å²) in [6, 6.07) is 7.62. The number of rotatable bonds is 2. The zero-order valence-electron chi connectivity index (χ0n) is 12.4. The second-order valence-electron chi connectivity index (χ2n) is 5.30. The molecule has 1 aromatic heterocycles. The third-order valence-electron chi connectivity index (χ3n) is 3.77. The Kier molecular flexibility index (Phi) is 4.00. The van der Waals surface area contributed by atoms with Gasteiger partial charge in [0.15, 0.2) is 0 Å². The third-order valence-corrected chi connectivity index (χ3v) is 3.77. The maximum atomic E-state index is 12.9. The van der Waals surface area contributed by atoms with Gasteiger partial charge in [0.1, 0.15) is 18.0 Å². The van der Waals surface area contributed by atoms with Crippen LogP contribution in [0.15, 0.2) is 36.7 Å². The highest BCUT2D eigenvalue weighted by Crippen LogP contribution is 2.15. The number of amides is 1. The van der Waals surface area contributed by atoms with Crippen molar-refractivity contribution >= 4 is 11.7 Å². The molecule has 2 heterocycles. The van der Waals surface area contributed by atoms with E-state index in [2.05, 4.69) is 14.9 Å². The zero-order valence-corrected chi connectivity index (χ0v) is 12.4. The molecule has 1 aromatic carbocycles. The average Bonchev–Trinajstić information content (AvgIpc) is 2.55. The summed E-state index contributed by atoms with van der Waals surface area (Å²) in [7, 11) is 0. The Hall–Kier alpha value is -2.50. The number of piperazine rings is 1. The summed E-state index contributed by atoms with van der Waals surface area (Å²) >= 11 is 0. The molecule has 1 fully saturated rings. The molecular weight excluding hydrogens is 283 g/mol. The molecule has 0 atom stereocenters. The highest BCUT2D eigenvalue weighted by molar-refractivity contribution is 5.94. The van der Waals surface area contributed by atoms with Gasteiger partial charge in [-0.15, -0.1) is 0 Å². The fourth-order valence-electron chi connectivity index (χ4n) is 2.53. The standard InChI is InChI=1S/C16H17FN4O/c1-12-10-15(19-11-18-12)20-6-8-21(9-7-20)16(22)13-2-4-14(17)5-3-13/h2-5,10-11H,6-9H2,1H3. The Morgan fingerprint density at radius 2 is 1.77 bits per heavy atom. The molecule has 0 aliphatic carbocycles. The summed E-state index contributed by atoms with van der Waals surface area (Å²) in [6.45, 7) is 4.63. The maximum Gasteiger partial charge on any atom is 0.253 e. The Morgan fingerprint density at radius 1 is 1.09 bits per heavy atom. The highest BCUT2D eigenvalue weighted by atomic mass is 19.1. The van der Waals surface area contributed by atoms with Crippen LogP contribution in [0.4, 0.5) is 10.2 Å². The summed E-state index contributed by atoms with van der Waals surface area (Å²) in [5, 5.41) is 0. The number of carbonyl (C=O) groups excluding carboxylic acids is 1. The molecule has 1 amide bonds. The van der Waals surface area contributed by atoms with Crippen molar-refractivity contribution in [3.8, 4) is 0 Å². The van der Waals surface area contributed by atoms with Crippen molar-refractivity contribution < 1.29 is 9.18 Å². The van der Waals surface area contributed by atoms with Crippen LogP contribution in [0.25, 0.3) is 0 Å². The molecule has 0 bridgehead atoms. The van der Waals surface area contributed by atoms with E-state index in [1.54, 1.807) is 11.2 Å². The van der Waals surface area contributed by atoms with Crippen molar-refractivity contribution in [1.82, 2.24) is 14.9 Å². The SMILES string of the molecule is Cc1cc(N2CCN(C(=O)c3ccc(F)cc3)CC2)ncn1. The van der Waals surface area contributed by atoms with Gasteiger partial charge in [-0.25, -0.2) is 14.4 Å². The predicted octanol–water partition coefficient (Wildman–Crippen LogP) is 1.89. The topological polar surface area (TPSA) is 49.3 Å². The maximum absolute atomic E-state index is 12.9. The Labute approximate surface area is 128 Å². The van der Waals surface area contributed by atoms with Crippen LogP contribution < -0.4 is 4.90 Å². The first-order valence-corrected chi connectivity index (χ1v) is 7.22. The van der Waals surface area contributed by atoms with Crippen LogP contribution in [-0.2, 0) is 0 Å². The van der Waals surface area contributed by atoms with Crippen molar-refractivity contribution in [3.05, 3.63) is 53.7 Å². The first-order chi connectivity index (χ1) is 10.6. The molecule has 0 unspecified atom stereocenters. The summed E-state index contributed by atoms with van der Waals surface area (Å²) in [4.78, 5) is 24.7. The minimum absolute atomic E-state index is 0.0569. The van der Waals surface area contributed by atoms with Crippen molar-refractivity contribution in [2.75, 3.05) is 31.1 Å². The molecule has 0 N–H and O–H groups in total. The van der Waals surface area contributed by atoms with Crippen LogP contribution in [0.2, 0.25) is 0 Å². The number of aryl methyl sites for hydroxylation is 1. The summed E-state index contributed by atoms with van der Waals surface area (Å²) < 4.78 is 12.9. The van der Waals surface area contributed by atoms with Gasteiger partial charge in [-0.1, -0.05) is 0 Å². The molecule has 0 saturated carbocycles. The van der Waals surface area contributed by atoms with Gasteiger partial charge in [0.2, 0.25) is 0 Å². The normalized spacial score (nSPS) is 15.0. The van der Waals surface area contributed by atoms with Gasteiger partial charge in [0.05, 0.1) is 0 Å². The smallest absolute Gasteiger partial charge is 0.253 e. The van der Waals surface area contributed by atoms with E-state index in [9.17, 15) is 9.18 Å². The molecule has 0 radical (unpaired) electrons. The van der Waals surface area contributed by atoms with Gasteiger partial charge >= 0.3 is 0 Å². The molecule has 114 valence electrons. The molecule has 1 aliphatic rings. The van der Waals surface area contributed by atoms with Gasteiger partial charge in [-0.3, -0.25) is 4.79 Å². The van der Waals surface area contributed by atoms with E-state index in [4.69, 9.17) is 0 Å². The highest BCUT2D eigenvalue weighted by Gasteiger charge is 2.22. The minimum Gasteiger partial charge on any atom is -0.353 e. The number of anilines is 1. The Morgan fingerprint density at radius 3 is 2.41 bits per heavy atom. The van der Waals surface area contributed by atoms with Gasteiger partial charge in [-0.2, -0.15) is 0 Å². The van der Waals surface area contributed by atoms with E-state index in [0.29, 0.717) is 18.7 Å². The molecule has 2 aromatic rings. The van der Waals surface area contributed by atoms with E-state index in [-0.39, 0.29) is 11.7 Å². The molecule has 22 heavy (non-hydrogen) atoms. The predicted molar refractivity (Wildman–Crippen MR) is 81.3 cm³/mol. The molecule has 3 rings (SSSR count). The minimum atomic E-state index is -0.333. The van der Waals surface area contributed by atoms with Crippen molar-refractivity contribution in [1.29, 1.82) is 0 Å². The first kappa shape index (κ1) is 14.4. The quantitative estimate of drug-likeness (QED) is 0.850. The van der Waals surface area contributed by atoms with Gasteiger partial charge in [0, 0.05) is 43.5 Å². The Bertz CT molecular complexity index is 666. The van der Waals surface area contributed by atoms with Crippen LogP contribution in [0, 0.1) is 12.7 Å². The van der Waals surface area contributed by atoms with Crippen LogP contribution in [0.5, 0.6) is 0 Å². The second-order valence-corrected chi connectivity index (χ2v) is 5.30. The monoisotopic (exact) mass is 300 g/mol. The van der Waals surface area contributed by atoms with Crippen LogP contribution in [-0.4, -0.2) is 47.0 Å². The zero-order chi connectivity index (χ0) is 15.5. The van der Waals surface area contributed by atoms with Crippen molar-refractivity contribution in [2.24, 2.45) is 0 Å². The number of hydrogen-bond acceptors (Lipinski definition) is 4. The number of benzene rings is 1. The Balaban J connectivity index is 1.64. The average molecular weight is 300 g/mol. The largest absolute Gasteiger partial charge is 0.353 e. The number of nitrogens with zero attached hydrogens (tertiary/aromatic N) is 4. The fourth-order valence-corrected chi connectivity index (χ4v) is 2.53. The van der Waals surface area contributed by atoms with Gasteiger partial charge in [-0.05, 0) is 31.2 Å². The molecule has 0 spiro atoms. The summed E-state index contributed by atoms with van der Waals surface area (Å²) in [5.41, 5.74) is 1.45. The molecule has 1 aliphatic heterocycles. The lowest BCUT2D eigenvalue weighted by molar-refractivity contribution is 0.0746. The second kappa shape index (κ2) is 6.09. The third kappa shape index (κ3) is 3.05. The number of aromatic nitrogens is 2. The molecule has 5 nitrogen and oxygen atoms in total. The molecule has 1 saturated heterocycles. The van der Waals surface area contributed by atoms with E-state index in [1.165, 1.54) is 24.3 Å². The number of halogens is 1. The van der Waals surface area contributed by atoms with Crippen molar-refractivity contribution in [3.63, 3.8) is 0 Å². The number of carbonyl (C=O) groups is 1. The van der Waals surface area contributed by atoms with Crippen LogP contribution in [0.1, 0.15) is 16.1 Å². The van der Waals surface area contributed by atoms with Gasteiger partial charge in [0.25, 0.3) is 5.91 Å². The lowest BCUT2D eigenvalue weighted by atomic mass is 10.2. The van der Waals surface area contributed by atoms with Gasteiger partial charge < -0.3 is 9.80 Å². The number of hydrogen-bond donors (Lipinski definition) is 0. The molecule has 6 heteroatoms. The van der Waals surface area contributed by atoms with Crippen LogP contribution in [0.3, 0.4) is 0 Å². The lowest BCUT2D eigenvalue weighted by Crippen LogP contribution is -2.49. The van der Waals surface area contributed by atoms with Crippen molar-refractivity contribution in [2.45, 2.75) is 6.92 Å². The molecular formula is C16H17FN4O. The summed E-state index contributed by atoms with van der Waals surface area (Å²) in [6.07, 6.45) is 1.56. The fraction of sp³-hybridized carbons (Fsp3) is 0.312. The van der Waals surface area contributed by atoms with E-state index in [1.807, 2.05) is 13.0 Å². The van der Waals surface area contributed by atoms with E-state index < -0.39 is 0 Å². The van der Waals surface area contributed by atoms with E-state index in [0.717, 1.165) is 24.6 Å². The first-order valence-electron chi connectivity index (χ1n) is 7.22. The summed E-state index contributed by atoms with van der Waals surface area (Å²) in [5.74, 6) is 0.500. The van der Waals surface area contributed by atoms with E-state index >= 15 is 0 Å². The lowest BCUT2D eigenvalue weighted by Gasteiger charge is -2.35.